The maximum atomic E-state index is 11.9. The number of anilines is 2. The summed E-state index contributed by atoms with van der Waals surface area (Å²) in [5, 5.41) is 4.46. The summed E-state index contributed by atoms with van der Waals surface area (Å²) in [7, 11) is 2.23. The number of nitrogens with zero attached hydrogens (tertiary/aromatic N) is 5. The van der Waals surface area contributed by atoms with Crippen LogP contribution in [0.15, 0.2) is 36.7 Å². The van der Waals surface area contributed by atoms with Crippen LogP contribution in [0.25, 0.3) is 0 Å². The Labute approximate surface area is 174 Å². The maximum absolute atomic E-state index is 11.9. The Kier molecular flexibility index (Phi) is 5.90. The highest BCUT2D eigenvalue weighted by Gasteiger charge is 2.24. The van der Waals surface area contributed by atoms with Crippen LogP contribution in [0.4, 0.5) is 11.4 Å². The van der Waals surface area contributed by atoms with E-state index in [1.807, 2.05) is 15.8 Å². The molecule has 2 fully saturated rings. The fourth-order valence-corrected chi connectivity index (χ4v) is 4.49. The van der Waals surface area contributed by atoms with Gasteiger partial charge in [0.05, 0.1) is 6.20 Å². The maximum Gasteiger partial charge on any atom is 0.227 e. The Balaban J connectivity index is 1.30. The van der Waals surface area contributed by atoms with Gasteiger partial charge in [-0.3, -0.25) is 14.4 Å². The van der Waals surface area contributed by atoms with Gasteiger partial charge in [-0.1, -0.05) is 0 Å². The van der Waals surface area contributed by atoms with Gasteiger partial charge in [0.2, 0.25) is 5.91 Å². The van der Waals surface area contributed by atoms with E-state index in [0.29, 0.717) is 18.5 Å². The first-order valence-electron chi connectivity index (χ1n) is 10.9. The molecule has 6 heteroatoms. The molecule has 156 valence electrons. The smallest absolute Gasteiger partial charge is 0.227 e. The molecule has 0 atom stereocenters. The number of piperidine rings is 1. The van der Waals surface area contributed by atoms with E-state index in [-0.39, 0.29) is 5.91 Å². The lowest BCUT2D eigenvalue weighted by molar-refractivity contribution is -0.117. The van der Waals surface area contributed by atoms with Gasteiger partial charge in [0.25, 0.3) is 0 Å². The van der Waals surface area contributed by atoms with Crippen LogP contribution in [0.1, 0.15) is 51.1 Å². The van der Waals surface area contributed by atoms with E-state index in [1.165, 1.54) is 24.1 Å². The standard InChI is InChI=1S/C23H33N5O/c1-18(2)28-17-19(15-24-28)16-25(3)20-10-13-26(14-11-20)21-6-8-22(9-7-21)27-12-4-5-23(27)29/h6-9,15,17-18,20H,4-5,10-14,16H2,1-3H3. The van der Waals surface area contributed by atoms with Gasteiger partial charge in [0.1, 0.15) is 0 Å². The van der Waals surface area contributed by atoms with E-state index in [4.69, 9.17) is 0 Å². The molecular formula is C23H33N5O. The quantitative estimate of drug-likeness (QED) is 0.748. The molecule has 3 heterocycles. The molecule has 4 rings (SSSR count). The highest BCUT2D eigenvalue weighted by atomic mass is 16.2. The van der Waals surface area contributed by atoms with Crippen molar-refractivity contribution in [2.45, 2.75) is 58.2 Å². The molecule has 2 aromatic rings. The molecule has 1 aromatic heterocycles. The first kappa shape index (κ1) is 20.0. The molecule has 2 aliphatic heterocycles. The summed E-state index contributed by atoms with van der Waals surface area (Å²) < 4.78 is 2.03. The lowest BCUT2D eigenvalue weighted by Gasteiger charge is -2.38. The van der Waals surface area contributed by atoms with Gasteiger partial charge in [-0.15, -0.1) is 0 Å². The summed E-state index contributed by atoms with van der Waals surface area (Å²) in [5.74, 6) is 0.250. The Morgan fingerprint density at radius 1 is 1.10 bits per heavy atom. The Hall–Kier alpha value is -2.34. The third-order valence-corrected chi connectivity index (χ3v) is 6.30. The minimum absolute atomic E-state index is 0.250. The number of hydrogen-bond acceptors (Lipinski definition) is 4. The molecule has 0 spiro atoms. The summed E-state index contributed by atoms with van der Waals surface area (Å²) in [6, 6.07) is 9.56. The van der Waals surface area contributed by atoms with Crippen LogP contribution in [0.2, 0.25) is 0 Å². The van der Waals surface area contributed by atoms with Crippen molar-refractivity contribution in [2.75, 3.05) is 36.5 Å². The van der Waals surface area contributed by atoms with Crippen LogP contribution in [0, 0.1) is 0 Å². The Morgan fingerprint density at radius 3 is 2.38 bits per heavy atom. The fourth-order valence-electron chi connectivity index (χ4n) is 4.49. The highest BCUT2D eigenvalue weighted by Crippen LogP contribution is 2.27. The molecule has 0 radical (unpaired) electrons. The van der Waals surface area contributed by atoms with Gasteiger partial charge < -0.3 is 9.80 Å². The summed E-state index contributed by atoms with van der Waals surface area (Å²) in [6.45, 7) is 8.27. The molecule has 29 heavy (non-hydrogen) atoms. The zero-order valence-electron chi connectivity index (χ0n) is 17.9. The van der Waals surface area contributed by atoms with Gasteiger partial charge in [0, 0.05) is 67.8 Å². The van der Waals surface area contributed by atoms with Gasteiger partial charge in [0.15, 0.2) is 0 Å². The number of benzene rings is 1. The predicted octanol–water partition coefficient (Wildman–Crippen LogP) is 3.69. The number of carbonyl (C=O) groups excluding carboxylic acids is 1. The molecule has 2 aliphatic rings. The summed E-state index contributed by atoms with van der Waals surface area (Å²) in [6.07, 6.45) is 8.16. The van der Waals surface area contributed by atoms with Crippen LogP contribution in [0.3, 0.4) is 0 Å². The number of amides is 1. The first-order valence-corrected chi connectivity index (χ1v) is 10.9. The average molecular weight is 396 g/mol. The van der Waals surface area contributed by atoms with Crippen LogP contribution in [-0.2, 0) is 11.3 Å². The summed E-state index contributed by atoms with van der Waals surface area (Å²) in [4.78, 5) is 18.8. The lowest BCUT2D eigenvalue weighted by Crippen LogP contribution is -2.43. The van der Waals surface area contributed by atoms with Crippen molar-refractivity contribution in [3.8, 4) is 0 Å². The topological polar surface area (TPSA) is 44.6 Å². The van der Waals surface area contributed by atoms with E-state index in [0.717, 1.165) is 38.3 Å². The molecule has 0 aliphatic carbocycles. The third kappa shape index (κ3) is 4.47. The second kappa shape index (κ2) is 8.57. The van der Waals surface area contributed by atoms with Crippen LogP contribution in [-0.4, -0.2) is 53.3 Å². The van der Waals surface area contributed by atoms with Crippen LogP contribution in [0.5, 0.6) is 0 Å². The van der Waals surface area contributed by atoms with Crippen molar-refractivity contribution in [3.63, 3.8) is 0 Å². The SMILES string of the molecule is CC(C)n1cc(CN(C)C2CCN(c3ccc(N4CCCC4=O)cc3)CC2)cn1. The first-order chi connectivity index (χ1) is 14.0. The van der Waals surface area contributed by atoms with E-state index in [2.05, 4.69) is 66.3 Å². The van der Waals surface area contributed by atoms with E-state index in [1.54, 1.807) is 0 Å². The normalized spacial score (nSPS) is 18.4. The van der Waals surface area contributed by atoms with E-state index < -0.39 is 0 Å². The minimum Gasteiger partial charge on any atom is -0.371 e. The number of rotatable bonds is 6. The number of carbonyl (C=O) groups is 1. The lowest BCUT2D eigenvalue weighted by atomic mass is 10.0. The molecule has 6 nitrogen and oxygen atoms in total. The zero-order valence-corrected chi connectivity index (χ0v) is 17.9. The monoisotopic (exact) mass is 395 g/mol. The third-order valence-electron chi connectivity index (χ3n) is 6.30. The highest BCUT2D eigenvalue weighted by molar-refractivity contribution is 5.95. The van der Waals surface area contributed by atoms with Crippen molar-refractivity contribution >= 4 is 17.3 Å². The predicted molar refractivity (Wildman–Crippen MR) is 117 cm³/mol. The molecule has 0 unspecified atom stereocenters. The van der Waals surface area contributed by atoms with Crippen molar-refractivity contribution in [1.29, 1.82) is 0 Å². The summed E-state index contributed by atoms with van der Waals surface area (Å²) in [5.41, 5.74) is 3.59. The number of aromatic nitrogens is 2. The van der Waals surface area contributed by atoms with Gasteiger partial charge in [-0.2, -0.15) is 5.10 Å². The van der Waals surface area contributed by atoms with E-state index >= 15 is 0 Å². The van der Waals surface area contributed by atoms with Crippen molar-refractivity contribution in [3.05, 3.63) is 42.2 Å². The molecule has 1 amide bonds. The van der Waals surface area contributed by atoms with E-state index in [9.17, 15) is 4.79 Å². The van der Waals surface area contributed by atoms with Crippen molar-refractivity contribution in [1.82, 2.24) is 14.7 Å². The molecule has 1 aromatic carbocycles. The van der Waals surface area contributed by atoms with Crippen molar-refractivity contribution in [2.24, 2.45) is 0 Å². The molecule has 0 bridgehead atoms. The van der Waals surface area contributed by atoms with Gasteiger partial charge in [-0.05, 0) is 64.4 Å². The van der Waals surface area contributed by atoms with Crippen molar-refractivity contribution < 1.29 is 4.79 Å². The molecule has 0 N–H and O–H groups in total. The van der Waals surface area contributed by atoms with Crippen LogP contribution < -0.4 is 9.80 Å². The molecule has 0 saturated carbocycles. The van der Waals surface area contributed by atoms with Crippen LogP contribution >= 0.6 is 0 Å². The Bertz CT molecular complexity index is 820. The fraction of sp³-hybridized carbons (Fsp3) is 0.565. The minimum atomic E-state index is 0.250. The average Bonchev–Trinajstić information content (AvgIpc) is 3.37. The van der Waals surface area contributed by atoms with Gasteiger partial charge >= 0.3 is 0 Å². The summed E-state index contributed by atoms with van der Waals surface area (Å²) >= 11 is 0. The van der Waals surface area contributed by atoms with Gasteiger partial charge in [-0.25, -0.2) is 0 Å². The number of hydrogen-bond donors (Lipinski definition) is 0. The Morgan fingerprint density at radius 2 is 1.79 bits per heavy atom. The molecule has 2 saturated heterocycles. The molecular weight excluding hydrogens is 362 g/mol. The zero-order chi connectivity index (χ0) is 20.4. The second-order valence-corrected chi connectivity index (χ2v) is 8.72. The second-order valence-electron chi connectivity index (χ2n) is 8.72. The largest absolute Gasteiger partial charge is 0.371 e.